The SMILES string of the molecule is Cc1nc2cc(F)c(-c3cnc(N4CC(C)(O)C4)nc3)cn2c1CN1C(=O)[C@@H](C)Oc2c(F)cc(F)cc21. The minimum absolute atomic E-state index is 0.0313. The molecule has 5 heterocycles. The van der Waals surface area contributed by atoms with Crippen molar-refractivity contribution in [1.82, 2.24) is 19.4 Å². The summed E-state index contributed by atoms with van der Waals surface area (Å²) in [5.74, 6) is -2.55. The van der Waals surface area contributed by atoms with Gasteiger partial charge >= 0.3 is 0 Å². The lowest BCUT2D eigenvalue weighted by molar-refractivity contribution is -0.125. The molecule has 2 aliphatic heterocycles. The summed E-state index contributed by atoms with van der Waals surface area (Å²) in [4.78, 5) is 29.1. The van der Waals surface area contributed by atoms with E-state index >= 15 is 4.39 Å². The molecule has 0 radical (unpaired) electrons. The second-order valence-electron chi connectivity index (χ2n) is 9.95. The quantitative estimate of drug-likeness (QED) is 0.437. The molecule has 0 saturated carbocycles. The van der Waals surface area contributed by atoms with Crippen LogP contribution in [0.3, 0.4) is 0 Å². The maximum atomic E-state index is 15.1. The maximum absolute atomic E-state index is 15.1. The van der Waals surface area contributed by atoms with E-state index in [2.05, 4.69) is 15.0 Å². The Bertz CT molecular complexity index is 1600. The maximum Gasteiger partial charge on any atom is 0.268 e. The largest absolute Gasteiger partial charge is 0.476 e. The number of anilines is 2. The number of ether oxygens (including phenoxy) is 1. The van der Waals surface area contributed by atoms with Gasteiger partial charge in [0, 0.05) is 47.9 Å². The van der Waals surface area contributed by atoms with Crippen molar-refractivity contribution in [1.29, 1.82) is 0 Å². The molecule has 6 rings (SSSR count). The van der Waals surface area contributed by atoms with Crippen molar-refractivity contribution in [2.75, 3.05) is 22.9 Å². The molecule has 196 valence electrons. The molecule has 1 N–H and O–H groups in total. The molecular weight excluding hydrogens is 501 g/mol. The number of nitrogens with zero attached hydrogens (tertiary/aromatic N) is 6. The summed E-state index contributed by atoms with van der Waals surface area (Å²) in [7, 11) is 0. The average Bonchev–Trinajstić information content (AvgIpc) is 3.14. The Morgan fingerprint density at radius 1 is 1.13 bits per heavy atom. The number of hydrogen-bond acceptors (Lipinski definition) is 7. The molecule has 0 aliphatic carbocycles. The molecular formula is C26H23F3N6O3. The van der Waals surface area contributed by atoms with E-state index in [1.54, 1.807) is 18.2 Å². The number of imidazole rings is 1. The summed E-state index contributed by atoms with van der Waals surface area (Å²) < 4.78 is 50.7. The third-order valence-electron chi connectivity index (χ3n) is 6.80. The van der Waals surface area contributed by atoms with Crippen LogP contribution in [-0.4, -0.2) is 55.2 Å². The lowest BCUT2D eigenvalue weighted by Crippen LogP contribution is -2.60. The van der Waals surface area contributed by atoms with Gasteiger partial charge in [-0.2, -0.15) is 0 Å². The topological polar surface area (TPSA) is 96.1 Å². The molecule has 1 saturated heterocycles. The van der Waals surface area contributed by atoms with Crippen LogP contribution in [-0.2, 0) is 11.3 Å². The number of β-amino-alcohol motifs (C(OH)–C–C–N with tert-alkyl or cyclic N) is 1. The van der Waals surface area contributed by atoms with Crippen molar-refractivity contribution < 1.29 is 27.8 Å². The molecule has 38 heavy (non-hydrogen) atoms. The minimum atomic E-state index is -0.985. The van der Waals surface area contributed by atoms with Crippen molar-refractivity contribution in [2.24, 2.45) is 0 Å². The molecule has 0 unspecified atom stereocenters. The van der Waals surface area contributed by atoms with Crippen LogP contribution in [0.4, 0.5) is 24.8 Å². The summed E-state index contributed by atoms with van der Waals surface area (Å²) in [5, 5.41) is 9.95. The van der Waals surface area contributed by atoms with Crippen LogP contribution >= 0.6 is 0 Å². The molecule has 0 spiro atoms. The van der Waals surface area contributed by atoms with E-state index in [1.165, 1.54) is 36.5 Å². The number of hydrogen-bond donors (Lipinski definition) is 1. The molecule has 1 aromatic carbocycles. The summed E-state index contributed by atoms with van der Waals surface area (Å²) in [5.41, 5.74) is 1.16. The predicted octanol–water partition coefficient (Wildman–Crippen LogP) is 3.40. The van der Waals surface area contributed by atoms with Crippen LogP contribution in [0.2, 0.25) is 0 Å². The first-order valence-corrected chi connectivity index (χ1v) is 11.9. The zero-order valence-electron chi connectivity index (χ0n) is 20.7. The van der Waals surface area contributed by atoms with Gasteiger partial charge in [0.25, 0.3) is 5.91 Å². The van der Waals surface area contributed by atoms with Crippen LogP contribution in [0.1, 0.15) is 25.2 Å². The number of aliphatic hydroxyl groups is 1. The summed E-state index contributed by atoms with van der Waals surface area (Å²) >= 11 is 0. The number of carbonyl (C=O) groups is 1. The van der Waals surface area contributed by atoms with E-state index in [-0.39, 0.29) is 23.5 Å². The van der Waals surface area contributed by atoms with E-state index in [9.17, 15) is 18.7 Å². The van der Waals surface area contributed by atoms with Crippen molar-refractivity contribution in [3.63, 3.8) is 0 Å². The Hall–Kier alpha value is -4.19. The number of pyridine rings is 1. The number of amides is 1. The van der Waals surface area contributed by atoms with Crippen LogP contribution in [0.15, 0.2) is 36.8 Å². The lowest BCUT2D eigenvalue weighted by Gasteiger charge is -2.44. The van der Waals surface area contributed by atoms with Gasteiger partial charge in [0.1, 0.15) is 17.3 Å². The van der Waals surface area contributed by atoms with Gasteiger partial charge in [-0.15, -0.1) is 0 Å². The molecule has 2 aliphatic rings. The van der Waals surface area contributed by atoms with Gasteiger partial charge < -0.3 is 19.1 Å². The highest BCUT2D eigenvalue weighted by molar-refractivity contribution is 5.99. The van der Waals surface area contributed by atoms with Gasteiger partial charge in [-0.25, -0.2) is 28.1 Å². The molecule has 1 atom stereocenters. The first-order valence-electron chi connectivity index (χ1n) is 11.9. The van der Waals surface area contributed by atoms with Gasteiger partial charge in [-0.3, -0.25) is 9.69 Å². The highest BCUT2D eigenvalue weighted by Crippen LogP contribution is 2.38. The third kappa shape index (κ3) is 3.92. The first-order chi connectivity index (χ1) is 18.0. The fourth-order valence-electron chi connectivity index (χ4n) is 4.92. The number of rotatable bonds is 4. The normalized spacial score (nSPS) is 18.4. The van der Waals surface area contributed by atoms with E-state index in [1.807, 2.05) is 4.90 Å². The minimum Gasteiger partial charge on any atom is -0.476 e. The first kappa shape index (κ1) is 24.2. The van der Waals surface area contributed by atoms with Crippen LogP contribution in [0, 0.1) is 24.4 Å². The van der Waals surface area contributed by atoms with Gasteiger partial charge in [-0.1, -0.05) is 0 Å². The Morgan fingerprint density at radius 2 is 1.84 bits per heavy atom. The van der Waals surface area contributed by atoms with Crippen LogP contribution in [0.5, 0.6) is 5.75 Å². The zero-order valence-corrected chi connectivity index (χ0v) is 20.7. The molecule has 1 amide bonds. The van der Waals surface area contributed by atoms with Gasteiger partial charge in [0.2, 0.25) is 5.95 Å². The molecule has 3 aromatic heterocycles. The van der Waals surface area contributed by atoms with Gasteiger partial charge in [0.05, 0.1) is 42.3 Å². The molecule has 1 fully saturated rings. The molecule has 12 heteroatoms. The number of halogens is 3. The average molecular weight is 525 g/mol. The number of benzene rings is 1. The summed E-state index contributed by atoms with van der Waals surface area (Å²) in [6, 6.07) is 3.01. The Balaban J connectivity index is 1.38. The standard InChI is InChI=1S/C26H23F3N6O3/c1-13-21(10-35-20-5-16(27)4-19(29)23(20)38-14(2)24(35)36)34-9-17(18(28)6-22(34)32-13)15-7-30-25(31-8-15)33-11-26(3,37)12-33/h4-9,14,37H,10-12H2,1-3H3/t14-/m1/s1. The Kier molecular flexibility index (Phi) is 5.35. The van der Waals surface area contributed by atoms with Crippen molar-refractivity contribution in [2.45, 2.75) is 39.0 Å². The lowest BCUT2D eigenvalue weighted by atomic mass is 9.98. The summed E-state index contributed by atoms with van der Waals surface area (Å²) in [6.07, 6.45) is 3.55. The number of carbonyl (C=O) groups excluding carboxylic acids is 1. The monoisotopic (exact) mass is 524 g/mol. The highest BCUT2D eigenvalue weighted by atomic mass is 19.1. The second kappa shape index (κ2) is 8.42. The predicted molar refractivity (Wildman–Crippen MR) is 131 cm³/mol. The van der Waals surface area contributed by atoms with Gasteiger partial charge in [0.15, 0.2) is 17.7 Å². The second-order valence-corrected chi connectivity index (χ2v) is 9.95. The fraction of sp³-hybridized carbons (Fsp3) is 0.308. The van der Waals surface area contributed by atoms with Crippen LogP contribution in [0.25, 0.3) is 16.8 Å². The zero-order chi connectivity index (χ0) is 26.9. The van der Waals surface area contributed by atoms with E-state index in [0.717, 1.165) is 6.07 Å². The number of aryl methyl sites for hydroxylation is 1. The van der Waals surface area contributed by atoms with Crippen LogP contribution < -0.4 is 14.5 Å². The summed E-state index contributed by atoms with van der Waals surface area (Å²) in [6.45, 7) is 5.65. The molecule has 0 bridgehead atoms. The van der Waals surface area contributed by atoms with Crippen molar-refractivity contribution in [3.05, 3.63) is 65.6 Å². The van der Waals surface area contributed by atoms with Gasteiger partial charge in [-0.05, 0) is 20.8 Å². The number of aromatic nitrogens is 4. The third-order valence-corrected chi connectivity index (χ3v) is 6.80. The molecule has 9 nitrogen and oxygen atoms in total. The van der Waals surface area contributed by atoms with E-state index in [0.29, 0.717) is 47.7 Å². The highest BCUT2D eigenvalue weighted by Gasteiger charge is 2.38. The fourth-order valence-corrected chi connectivity index (χ4v) is 4.92. The Morgan fingerprint density at radius 3 is 2.53 bits per heavy atom. The number of fused-ring (bicyclic) bond motifs is 2. The smallest absolute Gasteiger partial charge is 0.268 e. The van der Waals surface area contributed by atoms with E-state index < -0.39 is 35.1 Å². The molecule has 4 aromatic rings. The van der Waals surface area contributed by atoms with Crippen molar-refractivity contribution >= 4 is 23.2 Å². The van der Waals surface area contributed by atoms with Crippen molar-refractivity contribution in [3.8, 4) is 16.9 Å². The van der Waals surface area contributed by atoms with E-state index in [4.69, 9.17) is 4.74 Å². The Labute approximate surface area is 215 Å².